The molecule has 0 bridgehead atoms. The van der Waals surface area contributed by atoms with Crippen molar-refractivity contribution >= 4 is 8.32 Å². The van der Waals surface area contributed by atoms with Gasteiger partial charge in [-0.05, 0) is 29.3 Å². The third-order valence-electron chi connectivity index (χ3n) is 3.98. The summed E-state index contributed by atoms with van der Waals surface area (Å²) in [7, 11) is -5.38. The Labute approximate surface area is 137 Å². The van der Waals surface area contributed by atoms with Gasteiger partial charge in [-0.25, -0.2) is 0 Å². The zero-order valence-corrected chi connectivity index (χ0v) is 14.5. The summed E-state index contributed by atoms with van der Waals surface area (Å²) in [6.07, 6.45) is -8.88. The predicted octanol–water partition coefficient (Wildman–Crippen LogP) is 5.46. The first-order valence-electron chi connectivity index (χ1n) is 8.89. The zero-order chi connectivity index (χ0) is 20.6. The molecule has 0 aromatic heterocycles. The van der Waals surface area contributed by atoms with Gasteiger partial charge in [0.05, 0.1) is 12.1 Å². The van der Waals surface area contributed by atoms with Crippen molar-refractivity contribution in [2.24, 2.45) is 0 Å². The normalized spacial score (nSPS) is 19.6. The Hall–Kier alpha value is -0.853. The fourth-order valence-electron chi connectivity index (χ4n) is 1.51. The summed E-state index contributed by atoms with van der Waals surface area (Å²) < 4.78 is 78.3. The van der Waals surface area contributed by atoms with Crippen LogP contribution in [0.4, 0.5) is 13.2 Å². The van der Waals surface area contributed by atoms with Crippen LogP contribution in [0, 0.1) is 0 Å². The molecule has 1 atom stereocenters. The summed E-state index contributed by atoms with van der Waals surface area (Å²) in [4.78, 5) is 0. The monoisotopic (exact) mass is 338 g/mol. The Bertz CT molecular complexity index is 610. The SMILES string of the molecule is [2H]C([2H])([2H])OC([2H])(c1ccc(CO[Si](C)(C)C(C)(C)C)cc1)C(F)(F)F. The summed E-state index contributed by atoms with van der Waals surface area (Å²) in [6.45, 7) is 10.6. The standard InChI is InChI=1S/C16H25F3O2Si/c1-15(2,3)22(5,6)21-11-12-7-9-13(10-8-12)14(20-4)16(17,18)19/h7-10,14H,11H2,1-6H3/i4D3,14D. The largest absolute Gasteiger partial charge is 0.418 e. The number of alkyl halides is 3. The second-order valence-corrected chi connectivity index (χ2v) is 11.5. The van der Waals surface area contributed by atoms with Gasteiger partial charge in [0, 0.05) is 7.04 Å². The molecule has 1 aromatic carbocycles. The third-order valence-corrected chi connectivity index (χ3v) is 8.46. The van der Waals surface area contributed by atoms with Gasteiger partial charge in [-0.3, -0.25) is 0 Å². The Morgan fingerprint density at radius 1 is 1.18 bits per heavy atom. The summed E-state index contributed by atoms with van der Waals surface area (Å²) in [5.74, 6) is 0. The molecule has 126 valence electrons. The Morgan fingerprint density at radius 3 is 2.14 bits per heavy atom. The molecule has 6 heteroatoms. The average Bonchev–Trinajstić information content (AvgIpc) is 2.41. The van der Waals surface area contributed by atoms with Gasteiger partial charge >= 0.3 is 6.18 Å². The van der Waals surface area contributed by atoms with Crippen molar-refractivity contribution in [2.75, 3.05) is 7.04 Å². The van der Waals surface area contributed by atoms with Crippen LogP contribution in [0.3, 0.4) is 0 Å². The minimum Gasteiger partial charge on any atom is -0.413 e. The fourth-order valence-corrected chi connectivity index (χ4v) is 2.47. The van der Waals surface area contributed by atoms with Crippen LogP contribution < -0.4 is 0 Å². The van der Waals surface area contributed by atoms with Crippen LogP contribution in [0.2, 0.25) is 18.1 Å². The molecule has 0 fully saturated rings. The first-order chi connectivity index (χ1) is 11.4. The quantitative estimate of drug-likeness (QED) is 0.664. The van der Waals surface area contributed by atoms with Crippen molar-refractivity contribution in [3.63, 3.8) is 0 Å². The van der Waals surface area contributed by atoms with Gasteiger partial charge in [-0.1, -0.05) is 45.0 Å². The van der Waals surface area contributed by atoms with Crippen molar-refractivity contribution in [2.45, 2.75) is 57.8 Å². The lowest BCUT2D eigenvalue weighted by atomic mass is 10.1. The molecular weight excluding hydrogens is 309 g/mol. The highest BCUT2D eigenvalue weighted by molar-refractivity contribution is 6.74. The lowest BCUT2D eigenvalue weighted by Crippen LogP contribution is -2.40. The minimum atomic E-state index is -5.21. The molecule has 0 N–H and O–H groups in total. The topological polar surface area (TPSA) is 18.5 Å². The van der Waals surface area contributed by atoms with E-state index in [-0.39, 0.29) is 11.6 Å². The Balaban J connectivity index is 3.04. The van der Waals surface area contributed by atoms with Crippen LogP contribution >= 0.6 is 0 Å². The molecule has 1 unspecified atom stereocenters. The van der Waals surface area contributed by atoms with Crippen LogP contribution in [-0.4, -0.2) is 21.5 Å². The number of halogens is 3. The molecule has 0 saturated carbocycles. The molecule has 0 aliphatic carbocycles. The lowest BCUT2D eigenvalue weighted by molar-refractivity contribution is -0.215. The highest BCUT2D eigenvalue weighted by Gasteiger charge is 2.41. The van der Waals surface area contributed by atoms with Crippen molar-refractivity contribution in [1.82, 2.24) is 0 Å². The lowest BCUT2D eigenvalue weighted by Gasteiger charge is -2.36. The molecule has 0 saturated heterocycles. The molecule has 2 nitrogen and oxygen atoms in total. The summed E-state index contributed by atoms with van der Waals surface area (Å²) in [5, 5.41) is -0.00684. The summed E-state index contributed by atoms with van der Waals surface area (Å²) in [5.41, 5.74) is 0.0363. The molecule has 22 heavy (non-hydrogen) atoms. The second-order valence-electron chi connectivity index (χ2n) is 6.67. The smallest absolute Gasteiger partial charge is 0.413 e. The van der Waals surface area contributed by atoms with Crippen LogP contribution in [0.1, 0.15) is 43.5 Å². The van der Waals surface area contributed by atoms with E-state index in [0.29, 0.717) is 5.56 Å². The molecule has 0 spiro atoms. The van der Waals surface area contributed by atoms with Crippen molar-refractivity contribution in [3.05, 3.63) is 35.4 Å². The van der Waals surface area contributed by atoms with Gasteiger partial charge in [0.15, 0.2) is 14.4 Å². The first-order valence-corrected chi connectivity index (χ1v) is 9.80. The van der Waals surface area contributed by atoms with Crippen molar-refractivity contribution in [1.29, 1.82) is 0 Å². The van der Waals surface area contributed by atoms with Gasteiger partial charge < -0.3 is 9.16 Å². The molecule has 0 aliphatic heterocycles. The number of rotatable bonds is 5. The van der Waals surface area contributed by atoms with Crippen LogP contribution in [0.25, 0.3) is 0 Å². The van der Waals surface area contributed by atoms with E-state index in [2.05, 4.69) is 38.6 Å². The maximum absolute atomic E-state index is 13.3. The first kappa shape index (κ1) is 13.6. The summed E-state index contributed by atoms with van der Waals surface area (Å²) >= 11 is 0. The maximum atomic E-state index is 13.3. The van der Waals surface area contributed by atoms with E-state index in [1.54, 1.807) is 0 Å². The van der Waals surface area contributed by atoms with E-state index in [1.807, 2.05) is 0 Å². The highest BCUT2D eigenvalue weighted by Crippen LogP contribution is 2.37. The van der Waals surface area contributed by atoms with Gasteiger partial charge in [-0.15, -0.1) is 0 Å². The summed E-state index contributed by atoms with van der Waals surface area (Å²) in [6, 6.07) is 4.88. The average molecular weight is 338 g/mol. The van der Waals surface area contributed by atoms with Crippen LogP contribution in [-0.2, 0) is 15.8 Å². The number of ether oxygens (including phenoxy) is 1. The van der Waals surface area contributed by atoms with Gasteiger partial charge in [0.1, 0.15) is 0 Å². The van der Waals surface area contributed by atoms with Crippen molar-refractivity contribution < 1.29 is 27.8 Å². The number of methoxy groups -OCH3 is 1. The van der Waals surface area contributed by atoms with Gasteiger partial charge in [-0.2, -0.15) is 13.2 Å². The van der Waals surface area contributed by atoms with E-state index in [1.165, 1.54) is 12.1 Å². The molecular formula is C16H25F3O2Si. The van der Waals surface area contributed by atoms with E-state index in [9.17, 15) is 13.2 Å². The maximum Gasteiger partial charge on any atom is 0.418 e. The zero-order valence-electron chi connectivity index (χ0n) is 17.5. The van der Waals surface area contributed by atoms with E-state index in [0.717, 1.165) is 12.1 Å². The predicted molar refractivity (Wildman–Crippen MR) is 84.2 cm³/mol. The number of hydrogen-bond donors (Lipinski definition) is 0. The highest BCUT2D eigenvalue weighted by atomic mass is 28.4. The molecule has 1 rings (SSSR count). The van der Waals surface area contributed by atoms with E-state index >= 15 is 0 Å². The molecule has 0 aliphatic rings. The second kappa shape index (κ2) is 6.72. The van der Waals surface area contributed by atoms with E-state index in [4.69, 9.17) is 9.91 Å². The molecule has 1 aromatic rings. The Morgan fingerprint density at radius 2 is 1.73 bits per heavy atom. The van der Waals surface area contributed by atoms with Crippen LogP contribution in [0.5, 0.6) is 0 Å². The molecule has 0 amide bonds. The molecule has 0 radical (unpaired) electrons. The van der Waals surface area contributed by atoms with Gasteiger partial charge in [0.25, 0.3) is 0 Å². The number of hydrogen-bond acceptors (Lipinski definition) is 2. The van der Waals surface area contributed by atoms with Crippen molar-refractivity contribution in [3.8, 4) is 0 Å². The van der Waals surface area contributed by atoms with E-state index < -0.39 is 33.2 Å². The number of benzene rings is 1. The van der Waals surface area contributed by atoms with Gasteiger partial charge in [0.2, 0.25) is 0 Å². The fraction of sp³-hybridized carbons (Fsp3) is 0.625. The minimum absolute atomic E-state index is 0.00684. The third kappa shape index (κ3) is 4.83. The molecule has 0 heterocycles. The Kier molecular flexibility index (Phi) is 4.15. The van der Waals surface area contributed by atoms with Crippen LogP contribution in [0.15, 0.2) is 24.3 Å².